The minimum absolute atomic E-state index is 0.00749. The maximum atomic E-state index is 13.2. The number of rotatable bonds is 4. The molecule has 10 nitrogen and oxygen atoms in total. The van der Waals surface area contributed by atoms with Gasteiger partial charge >= 0.3 is 0 Å². The summed E-state index contributed by atoms with van der Waals surface area (Å²) >= 11 is 0. The Labute approximate surface area is 323 Å². The molecule has 0 aromatic heterocycles. The molecule has 2 aliphatic rings. The van der Waals surface area contributed by atoms with Crippen LogP contribution in [0.2, 0.25) is 0 Å². The lowest BCUT2D eigenvalue weighted by Crippen LogP contribution is -2.52. The zero-order valence-corrected chi connectivity index (χ0v) is 34.1. The molecule has 0 radical (unpaired) electrons. The van der Waals surface area contributed by atoms with Crippen LogP contribution in [-0.2, 0) is 9.59 Å². The lowest BCUT2D eigenvalue weighted by Gasteiger charge is -2.32. The van der Waals surface area contributed by atoms with Gasteiger partial charge in [0.25, 0.3) is 11.8 Å². The highest BCUT2D eigenvalue weighted by Gasteiger charge is 2.34. The van der Waals surface area contributed by atoms with Crippen molar-refractivity contribution in [3.05, 3.63) is 84.0 Å². The molecule has 0 bridgehead atoms. The fraction of sp³-hybridized carbons (Fsp3) is 0.545. The predicted molar refractivity (Wildman–Crippen MR) is 216 cm³/mol. The third kappa shape index (κ3) is 12.2. The third-order valence-corrected chi connectivity index (χ3v) is 9.96. The molecule has 0 fully saturated rings. The van der Waals surface area contributed by atoms with Gasteiger partial charge in [0.15, 0.2) is 0 Å². The largest absolute Gasteiger partial charge is 0.490 e. The molecule has 0 saturated heterocycles. The van der Waals surface area contributed by atoms with Crippen molar-refractivity contribution in [1.82, 2.24) is 20.4 Å². The van der Waals surface area contributed by atoms with Crippen LogP contribution >= 0.6 is 0 Å². The molecule has 6 atom stereocenters. The van der Waals surface area contributed by atoms with E-state index in [1.54, 1.807) is 36.0 Å². The van der Waals surface area contributed by atoms with Crippen molar-refractivity contribution in [1.29, 1.82) is 0 Å². The van der Waals surface area contributed by atoms with Gasteiger partial charge in [-0.25, -0.2) is 0 Å². The number of nitrogens with zero attached hydrogens (tertiary/aromatic N) is 2. The Morgan fingerprint density at radius 1 is 0.593 bits per heavy atom. The number of hydrogen-bond acceptors (Lipinski definition) is 6. The van der Waals surface area contributed by atoms with Crippen LogP contribution in [0.1, 0.15) is 115 Å². The van der Waals surface area contributed by atoms with Crippen LogP contribution in [0.25, 0.3) is 0 Å². The van der Waals surface area contributed by atoms with Crippen LogP contribution in [0.5, 0.6) is 11.5 Å². The molecule has 4 rings (SSSR count). The second kappa shape index (κ2) is 21.3. The quantitative estimate of drug-likeness (QED) is 0.312. The van der Waals surface area contributed by atoms with Crippen molar-refractivity contribution in [2.24, 2.45) is 11.8 Å². The maximum absolute atomic E-state index is 13.2. The number of likely N-dealkylation sites (N-methyl/N-ethyl adjacent to an activating group) is 2. The monoisotopic (exact) mass is 744 g/mol. The summed E-state index contributed by atoms with van der Waals surface area (Å²) in [4.78, 5) is 55.3. The number of ether oxygens (including phenoxy) is 2. The lowest BCUT2D eigenvalue weighted by atomic mass is 9.99. The SMILES string of the molecule is CC[C@@H]1C/C=C/C[C@H](C)Oc2ccccc2C(=O)N(C)[C@H](C(C)C)C(=O)N1.CC[C@@H]1C/C=C\C[C@H](C)Oc2ccccc2C(=O)N(C)[C@H](C(C)C)C(=O)N1. The van der Waals surface area contributed by atoms with Crippen LogP contribution in [-0.4, -0.2) is 83.9 Å². The van der Waals surface area contributed by atoms with Gasteiger partial charge < -0.3 is 29.9 Å². The van der Waals surface area contributed by atoms with E-state index in [1.807, 2.05) is 77.9 Å². The maximum Gasteiger partial charge on any atom is 0.258 e. The standard InChI is InChI=1S/2C22H32N2O3/c2*1-6-17-12-8-7-11-16(4)27-19-14-10-9-13-18(19)22(26)24(5)20(15(2)3)21(25)23-17/h2*7-10,13-17,20H,6,11-12H2,1-5H3,(H,23,25)/b8-7+;8-7-/t2*16-,17+,20+/m00/s1. The van der Waals surface area contributed by atoms with E-state index >= 15 is 0 Å². The highest BCUT2D eigenvalue weighted by Crippen LogP contribution is 2.26. The first kappa shape index (κ1) is 43.8. The molecular weight excluding hydrogens is 681 g/mol. The molecule has 0 aliphatic carbocycles. The molecule has 0 saturated carbocycles. The third-order valence-electron chi connectivity index (χ3n) is 9.96. The van der Waals surface area contributed by atoms with Crippen LogP contribution in [0.15, 0.2) is 72.8 Å². The Bertz CT molecular complexity index is 1490. The Morgan fingerprint density at radius 2 is 0.926 bits per heavy atom. The number of carbonyl (C=O) groups is 4. The van der Waals surface area contributed by atoms with Crippen molar-refractivity contribution in [3.63, 3.8) is 0 Å². The van der Waals surface area contributed by atoms with Gasteiger partial charge in [-0.05, 0) is 75.6 Å². The number of hydrogen-bond donors (Lipinski definition) is 2. The van der Waals surface area contributed by atoms with E-state index in [1.165, 1.54) is 0 Å². The lowest BCUT2D eigenvalue weighted by molar-refractivity contribution is -0.128. The summed E-state index contributed by atoms with van der Waals surface area (Å²) in [5.41, 5.74) is 0.969. The molecule has 2 N–H and O–H groups in total. The predicted octanol–water partition coefficient (Wildman–Crippen LogP) is 7.59. The molecular formula is C44H64N4O6. The fourth-order valence-electron chi connectivity index (χ4n) is 6.83. The minimum Gasteiger partial charge on any atom is -0.490 e. The van der Waals surface area contributed by atoms with Gasteiger partial charge in [-0.15, -0.1) is 0 Å². The van der Waals surface area contributed by atoms with Crippen molar-refractivity contribution in [2.75, 3.05) is 14.1 Å². The Balaban J connectivity index is 0.000000290. The van der Waals surface area contributed by atoms with E-state index in [0.29, 0.717) is 22.6 Å². The highest BCUT2D eigenvalue weighted by atomic mass is 16.5. The Hall–Kier alpha value is -4.60. The van der Waals surface area contributed by atoms with Crippen molar-refractivity contribution in [2.45, 2.75) is 130 Å². The van der Waals surface area contributed by atoms with E-state index in [0.717, 1.165) is 38.5 Å². The van der Waals surface area contributed by atoms with E-state index < -0.39 is 12.1 Å². The highest BCUT2D eigenvalue weighted by molar-refractivity contribution is 6.00. The summed E-state index contributed by atoms with van der Waals surface area (Å²) in [5, 5.41) is 6.25. The van der Waals surface area contributed by atoms with Crippen LogP contribution in [0.3, 0.4) is 0 Å². The Kier molecular flexibility index (Phi) is 17.3. The van der Waals surface area contributed by atoms with Crippen LogP contribution in [0.4, 0.5) is 0 Å². The number of benzene rings is 2. The van der Waals surface area contributed by atoms with Crippen molar-refractivity contribution >= 4 is 23.6 Å². The van der Waals surface area contributed by atoms with Gasteiger partial charge in [0, 0.05) is 39.0 Å². The summed E-state index contributed by atoms with van der Waals surface area (Å²) in [6, 6.07) is 13.5. The van der Waals surface area contributed by atoms with Crippen molar-refractivity contribution in [3.8, 4) is 11.5 Å². The number of nitrogens with one attached hydrogen (secondary N) is 2. The first-order chi connectivity index (χ1) is 25.7. The molecule has 54 heavy (non-hydrogen) atoms. The summed E-state index contributed by atoms with van der Waals surface area (Å²) in [6.07, 6.45) is 13.0. The van der Waals surface area contributed by atoms with E-state index in [9.17, 15) is 19.2 Å². The van der Waals surface area contributed by atoms with Gasteiger partial charge in [-0.1, -0.05) is 90.1 Å². The second-order valence-electron chi connectivity index (χ2n) is 15.2. The van der Waals surface area contributed by atoms with Gasteiger partial charge in [0.05, 0.1) is 23.3 Å². The molecule has 296 valence electrons. The topological polar surface area (TPSA) is 117 Å². The van der Waals surface area contributed by atoms with Gasteiger partial charge in [-0.2, -0.15) is 0 Å². The zero-order valence-electron chi connectivity index (χ0n) is 34.1. The normalized spacial score (nSPS) is 26.0. The molecule has 2 aliphatic heterocycles. The first-order valence-electron chi connectivity index (χ1n) is 19.7. The Morgan fingerprint density at radius 3 is 1.26 bits per heavy atom. The molecule has 4 amide bonds. The molecule has 2 heterocycles. The summed E-state index contributed by atoms with van der Waals surface area (Å²) in [5.74, 6) is 0.483. The molecule has 0 spiro atoms. The molecule has 2 aromatic rings. The van der Waals surface area contributed by atoms with Crippen LogP contribution in [0, 0.1) is 11.8 Å². The summed E-state index contributed by atoms with van der Waals surface area (Å²) in [6.45, 7) is 16.0. The summed E-state index contributed by atoms with van der Waals surface area (Å²) < 4.78 is 12.1. The second-order valence-corrected chi connectivity index (χ2v) is 15.2. The number of para-hydroxylation sites is 2. The zero-order chi connectivity index (χ0) is 39.9. The smallest absolute Gasteiger partial charge is 0.258 e. The van der Waals surface area contributed by atoms with Gasteiger partial charge in [0.1, 0.15) is 23.6 Å². The van der Waals surface area contributed by atoms with Gasteiger partial charge in [-0.3, -0.25) is 19.2 Å². The van der Waals surface area contributed by atoms with Gasteiger partial charge in [0.2, 0.25) is 11.8 Å². The average Bonchev–Trinajstić information content (AvgIpc) is 3.13. The van der Waals surface area contributed by atoms with Crippen molar-refractivity contribution < 1.29 is 28.7 Å². The number of carbonyl (C=O) groups excluding carboxylic acids is 4. The average molecular weight is 745 g/mol. The van der Waals surface area contributed by atoms with E-state index in [-0.39, 0.29) is 59.8 Å². The molecule has 2 aromatic carbocycles. The number of fused-ring (bicyclic) bond motifs is 2. The minimum atomic E-state index is -0.538. The summed E-state index contributed by atoms with van der Waals surface area (Å²) in [7, 11) is 3.39. The van der Waals surface area contributed by atoms with E-state index in [2.05, 4.69) is 48.8 Å². The fourth-order valence-corrected chi connectivity index (χ4v) is 6.83. The number of amides is 4. The van der Waals surface area contributed by atoms with E-state index in [4.69, 9.17) is 9.47 Å². The first-order valence-corrected chi connectivity index (χ1v) is 19.7. The van der Waals surface area contributed by atoms with Crippen LogP contribution < -0.4 is 20.1 Å². The molecule has 10 heteroatoms. The molecule has 0 unspecified atom stereocenters.